The molecule has 0 bridgehead atoms. The first-order chi connectivity index (χ1) is 10.1. The van der Waals surface area contributed by atoms with Gasteiger partial charge in [0.05, 0.1) is 0 Å². The van der Waals surface area contributed by atoms with E-state index in [-0.39, 0.29) is 0 Å². The summed E-state index contributed by atoms with van der Waals surface area (Å²) in [6, 6.07) is 9.85. The van der Waals surface area contributed by atoms with Gasteiger partial charge in [0.25, 0.3) is 0 Å². The summed E-state index contributed by atoms with van der Waals surface area (Å²) >= 11 is 0. The first-order valence-electron chi connectivity index (χ1n) is 7.01. The normalized spacial score (nSPS) is 13.6. The van der Waals surface area contributed by atoms with Crippen LogP contribution in [0.3, 0.4) is 0 Å². The maximum absolute atomic E-state index is 9.79. The van der Waals surface area contributed by atoms with Crippen LogP contribution in [0, 0.1) is 13.8 Å². The molecular formula is C18H18O3. The molecule has 0 spiro atoms. The van der Waals surface area contributed by atoms with Crippen LogP contribution in [0.1, 0.15) is 22.3 Å². The monoisotopic (exact) mass is 282 g/mol. The molecule has 0 saturated heterocycles. The van der Waals surface area contributed by atoms with Crippen molar-refractivity contribution in [3.05, 3.63) is 52.6 Å². The number of hydrogen-bond acceptors (Lipinski definition) is 3. The third-order valence-electron chi connectivity index (χ3n) is 3.55. The average Bonchev–Trinajstić information content (AvgIpc) is 2.50. The molecule has 2 aromatic rings. The minimum atomic E-state index is 0.367. The summed E-state index contributed by atoms with van der Waals surface area (Å²) in [5.41, 5.74) is 3.90. The second-order valence-corrected chi connectivity index (χ2v) is 5.24. The fourth-order valence-electron chi connectivity index (χ4n) is 2.44. The summed E-state index contributed by atoms with van der Waals surface area (Å²) in [4.78, 5) is 0. The fraction of sp³-hybridized carbons (Fsp3) is 0.222. The molecule has 3 rings (SSSR count). The molecule has 3 heteroatoms. The van der Waals surface area contributed by atoms with Gasteiger partial charge < -0.3 is 14.6 Å². The highest BCUT2D eigenvalue weighted by Gasteiger charge is 2.10. The number of hydrogen-bond donors (Lipinski definition) is 1. The van der Waals surface area contributed by atoms with Crippen molar-refractivity contribution in [1.82, 2.24) is 0 Å². The Morgan fingerprint density at radius 3 is 2.19 bits per heavy atom. The van der Waals surface area contributed by atoms with E-state index in [4.69, 9.17) is 9.47 Å². The van der Waals surface area contributed by atoms with Crippen LogP contribution in [0.5, 0.6) is 17.2 Å². The Labute approximate surface area is 124 Å². The number of phenols is 1. The Morgan fingerprint density at radius 1 is 0.857 bits per heavy atom. The molecule has 0 aliphatic carbocycles. The number of fused-ring (bicyclic) bond motifs is 1. The number of rotatable bonds is 2. The van der Waals surface area contributed by atoms with Crippen molar-refractivity contribution < 1.29 is 14.6 Å². The molecule has 21 heavy (non-hydrogen) atoms. The summed E-state index contributed by atoms with van der Waals surface area (Å²) in [7, 11) is 0. The summed E-state index contributed by atoms with van der Waals surface area (Å²) in [5.74, 6) is 1.96. The fourth-order valence-corrected chi connectivity index (χ4v) is 2.44. The Bertz CT molecular complexity index is 679. The summed E-state index contributed by atoms with van der Waals surface area (Å²) in [6.07, 6.45) is 4.06. The van der Waals surface area contributed by atoms with Crippen molar-refractivity contribution in [3.63, 3.8) is 0 Å². The molecule has 0 radical (unpaired) electrons. The van der Waals surface area contributed by atoms with Crippen molar-refractivity contribution in [1.29, 1.82) is 0 Å². The third kappa shape index (κ3) is 2.87. The minimum absolute atomic E-state index is 0.367. The Hall–Kier alpha value is -2.42. The molecule has 1 heterocycles. The Kier molecular flexibility index (Phi) is 3.57. The number of benzene rings is 2. The van der Waals surface area contributed by atoms with Crippen LogP contribution in [0.4, 0.5) is 0 Å². The van der Waals surface area contributed by atoms with E-state index in [1.165, 1.54) is 0 Å². The average molecular weight is 282 g/mol. The number of aryl methyl sites for hydroxylation is 2. The number of phenolic OH excluding ortho intramolecular Hbond substituents is 1. The summed E-state index contributed by atoms with van der Waals surface area (Å²) in [6.45, 7) is 5.01. The van der Waals surface area contributed by atoms with Crippen molar-refractivity contribution in [2.24, 2.45) is 0 Å². The van der Waals surface area contributed by atoms with Gasteiger partial charge in [-0.3, -0.25) is 0 Å². The topological polar surface area (TPSA) is 38.7 Å². The molecule has 0 saturated carbocycles. The molecule has 0 amide bonds. The van der Waals surface area contributed by atoms with Crippen LogP contribution < -0.4 is 9.47 Å². The molecule has 2 aromatic carbocycles. The third-order valence-corrected chi connectivity index (χ3v) is 3.55. The van der Waals surface area contributed by atoms with Gasteiger partial charge in [0.2, 0.25) is 0 Å². The van der Waals surface area contributed by atoms with E-state index >= 15 is 0 Å². The lowest BCUT2D eigenvalue weighted by Gasteiger charge is -2.18. The lowest BCUT2D eigenvalue weighted by atomic mass is 10.0. The van der Waals surface area contributed by atoms with Crippen LogP contribution in [-0.4, -0.2) is 18.3 Å². The van der Waals surface area contributed by atoms with E-state index in [0.29, 0.717) is 19.0 Å². The van der Waals surface area contributed by atoms with Crippen LogP contribution in [0.25, 0.3) is 12.2 Å². The molecule has 0 atom stereocenters. The van der Waals surface area contributed by atoms with Crippen molar-refractivity contribution in [3.8, 4) is 17.2 Å². The smallest absolute Gasteiger partial charge is 0.161 e. The standard InChI is InChI=1S/C18H18O3/c1-12-9-15(10-13(2)18(12)19)4-3-14-5-6-16-17(11-14)21-8-7-20-16/h3-6,9-11,19H,7-8H2,1-2H3. The molecule has 3 nitrogen and oxygen atoms in total. The number of aromatic hydroxyl groups is 1. The first-order valence-corrected chi connectivity index (χ1v) is 7.01. The van der Waals surface area contributed by atoms with E-state index in [0.717, 1.165) is 33.8 Å². The predicted molar refractivity (Wildman–Crippen MR) is 83.9 cm³/mol. The van der Waals surface area contributed by atoms with Crippen molar-refractivity contribution >= 4 is 12.2 Å². The van der Waals surface area contributed by atoms with Crippen LogP contribution in [-0.2, 0) is 0 Å². The highest BCUT2D eigenvalue weighted by Crippen LogP contribution is 2.31. The zero-order valence-corrected chi connectivity index (χ0v) is 12.2. The summed E-state index contributed by atoms with van der Waals surface area (Å²) in [5, 5.41) is 9.79. The van der Waals surface area contributed by atoms with Gasteiger partial charge in [-0.15, -0.1) is 0 Å². The molecular weight excluding hydrogens is 264 g/mol. The summed E-state index contributed by atoms with van der Waals surface area (Å²) < 4.78 is 11.1. The van der Waals surface area contributed by atoms with E-state index in [2.05, 4.69) is 0 Å². The van der Waals surface area contributed by atoms with Gasteiger partial charge >= 0.3 is 0 Å². The van der Waals surface area contributed by atoms with Gasteiger partial charge in [-0.05, 0) is 60.4 Å². The van der Waals surface area contributed by atoms with Gasteiger partial charge in [-0.1, -0.05) is 18.2 Å². The zero-order valence-electron chi connectivity index (χ0n) is 12.2. The maximum atomic E-state index is 9.79. The maximum Gasteiger partial charge on any atom is 0.161 e. The van der Waals surface area contributed by atoms with E-state index in [1.807, 2.05) is 56.3 Å². The molecule has 1 aliphatic heterocycles. The quantitative estimate of drug-likeness (QED) is 0.848. The van der Waals surface area contributed by atoms with E-state index in [9.17, 15) is 5.11 Å². The molecule has 108 valence electrons. The largest absolute Gasteiger partial charge is 0.507 e. The Morgan fingerprint density at radius 2 is 1.48 bits per heavy atom. The first kappa shape index (κ1) is 13.6. The van der Waals surface area contributed by atoms with Crippen LogP contribution in [0.2, 0.25) is 0 Å². The van der Waals surface area contributed by atoms with Gasteiger partial charge in [0.15, 0.2) is 11.5 Å². The Balaban J connectivity index is 1.86. The van der Waals surface area contributed by atoms with Crippen molar-refractivity contribution in [2.75, 3.05) is 13.2 Å². The van der Waals surface area contributed by atoms with Gasteiger partial charge in [-0.2, -0.15) is 0 Å². The second kappa shape index (κ2) is 5.52. The molecule has 0 aromatic heterocycles. The predicted octanol–water partition coefficient (Wildman–Crippen LogP) is 3.95. The van der Waals surface area contributed by atoms with Gasteiger partial charge in [-0.25, -0.2) is 0 Å². The van der Waals surface area contributed by atoms with E-state index in [1.54, 1.807) is 0 Å². The number of ether oxygens (including phenoxy) is 2. The van der Waals surface area contributed by atoms with Crippen LogP contribution >= 0.6 is 0 Å². The van der Waals surface area contributed by atoms with Crippen molar-refractivity contribution in [2.45, 2.75) is 13.8 Å². The molecule has 0 fully saturated rings. The molecule has 1 N–H and O–H groups in total. The lowest BCUT2D eigenvalue weighted by molar-refractivity contribution is 0.171. The zero-order chi connectivity index (χ0) is 14.8. The second-order valence-electron chi connectivity index (χ2n) is 5.24. The van der Waals surface area contributed by atoms with E-state index < -0.39 is 0 Å². The minimum Gasteiger partial charge on any atom is -0.507 e. The highest BCUT2D eigenvalue weighted by atomic mass is 16.6. The van der Waals surface area contributed by atoms with Gasteiger partial charge in [0, 0.05) is 0 Å². The lowest BCUT2D eigenvalue weighted by Crippen LogP contribution is -2.15. The molecule has 0 unspecified atom stereocenters. The SMILES string of the molecule is Cc1cc(C=Cc2ccc3c(c2)OCCO3)cc(C)c1O. The highest BCUT2D eigenvalue weighted by molar-refractivity contribution is 5.72. The van der Waals surface area contributed by atoms with Crippen LogP contribution in [0.15, 0.2) is 30.3 Å². The van der Waals surface area contributed by atoms with Gasteiger partial charge in [0.1, 0.15) is 19.0 Å². The molecule has 1 aliphatic rings.